The van der Waals surface area contributed by atoms with E-state index >= 15 is 0 Å². The molecule has 0 aromatic heterocycles. The third-order valence-electron chi connectivity index (χ3n) is 8.09. The van der Waals surface area contributed by atoms with E-state index in [1.165, 1.54) is 0 Å². The summed E-state index contributed by atoms with van der Waals surface area (Å²) < 4.78 is 22.4. The summed E-state index contributed by atoms with van der Waals surface area (Å²) >= 11 is 6.78. The molecule has 0 saturated heterocycles. The number of fused-ring (bicyclic) bond motifs is 1. The molecule has 6 rings (SSSR count). The Hall–Kier alpha value is -3.45. The van der Waals surface area contributed by atoms with Crippen molar-refractivity contribution >= 4 is 23.4 Å². The van der Waals surface area contributed by atoms with E-state index < -0.39 is 11.8 Å². The fraction of sp³-hybridized carbons (Fsp3) is 0.400. The van der Waals surface area contributed by atoms with Gasteiger partial charge in [0.05, 0.1) is 7.11 Å². The van der Waals surface area contributed by atoms with Crippen LogP contribution in [-0.4, -0.2) is 31.8 Å². The molecule has 0 bridgehead atoms. The summed E-state index contributed by atoms with van der Waals surface area (Å²) in [5, 5.41) is 3.75. The Balaban J connectivity index is 1.41. The number of ether oxygens (including phenoxy) is 4. The van der Waals surface area contributed by atoms with E-state index in [9.17, 15) is 9.59 Å². The van der Waals surface area contributed by atoms with Crippen LogP contribution in [0.2, 0.25) is 5.02 Å². The van der Waals surface area contributed by atoms with Gasteiger partial charge in [0, 0.05) is 40.4 Å². The van der Waals surface area contributed by atoms with Crippen molar-refractivity contribution in [2.75, 3.05) is 13.9 Å². The molecule has 1 fully saturated rings. The lowest BCUT2D eigenvalue weighted by Crippen LogP contribution is -2.42. The van der Waals surface area contributed by atoms with Crippen LogP contribution in [0.4, 0.5) is 0 Å². The molecule has 1 saturated carbocycles. The minimum absolute atomic E-state index is 0.0117. The normalized spacial score (nSPS) is 24.7. The summed E-state index contributed by atoms with van der Waals surface area (Å²) in [6, 6.07) is 11.3. The zero-order chi connectivity index (χ0) is 26.4. The fourth-order valence-corrected chi connectivity index (χ4v) is 6.46. The Morgan fingerprint density at radius 3 is 2.50 bits per heavy atom. The monoisotopic (exact) mass is 535 g/mol. The predicted molar refractivity (Wildman–Crippen MR) is 141 cm³/mol. The van der Waals surface area contributed by atoms with Crippen molar-refractivity contribution in [1.29, 1.82) is 0 Å². The van der Waals surface area contributed by atoms with Gasteiger partial charge in [0.25, 0.3) is 0 Å². The number of carbonyl (C=O) groups is 2. The summed E-state index contributed by atoms with van der Waals surface area (Å²) in [5.41, 5.74) is 3.54. The summed E-state index contributed by atoms with van der Waals surface area (Å²) in [6.45, 7) is 4.33. The molecule has 0 radical (unpaired) electrons. The van der Waals surface area contributed by atoms with E-state index in [0.29, 0.717) is 46.2 Å². The van der Waals surface area contributed by atoms with Crippen LogP contribution in [0, 0.1) is 5.92 Å². The van der Waals surface area contributed by atoms with E-state index in [1.807, 2.05) is 24.3 Å². The first kappa shape index (κ1) is 24.9. The number of Topliss-reactive ketones (excluding diaryl/α,β-unsaturated/α-hetero) is 1. The van der Waals surface area contributed by atoms with Crippen LogP contribution in [0.1, 0.15) is 61.5 Å². The number of hydrogen-bond donors (Lipinski definition) is 1. The summed E-state index contributed by atoms with van der Waals surface area (Å²) in [4.78, 5) is 27.5. The SMILES string of the molecule is C=C1NC2=C(C(=O)CC(c3ccc(OC)cc3)C2)C(c2cc3c(cc2Cl)OCO3)C1C(=O)OC1CCCC1. The number of nitrogens with one attached hydrogen (secondary N) is 1. The molecule has 0 spiro atoms. The van der Waals surface area contributed by atoms with Crippen LogP contribution in [-0.2, 0) is 14.3 Å². The predicted octanol–water partition coefficient (Wildman–Crippen LogP) is 5.78. The highest BCUT2D eigenvalue weighted by Gasteiger charge is 2.47. The molecule has 2 aliphatic heterocycles. The lowest BCUT2D eigenvalue weighted by atomic mass is 9.69. The van der Waals surface area contributed by atoms with Gasteiger partial charge in [-0.15, -0.1) is 0 Å². The molecule has 38 heavy (non-hydrogen) atoms. The van der Waals surface area contributed by atoms with Gasteiger partial charge in [-0.05, 0) is 67.3 Å². The molecule has 2 aromatic rings. The maximum atomic E-state index is 13.9. The topological polar surface area (TPSA) is 83.1 Å². The van der Waals surface area contributed by atoms with E-state index in [-0.39, 0.29) is 30.6 Å². The maximum Gasteiger partial charge on any atom is 0.316 e. The second-order valence-corrected chi connectivity index (χ2v) is 10.8. The number of ketones is 1. The maximum absolute atomic E-state index is 13.9. The summed E-state index contributed by atoms with van der Waals surface area (Å²) in [7, 11) is 1.63. The van der Waals surface area contributed by atoms with Gasteiger partial charge in [-0.3, -0.25) is 9.59 Å². The Morgan fingerprint density at radius 2 is 1.79 bits per heavy atom. The van der Waals surface area contributed by atoms with Gasteiger partial charge in [-0.2, -0.15) is 0 Å². The van der Waals surface area contributed by atoms with Crippen molar-refractivity contribution in [2.45, 2.75) is 56.5 Å². The Morgan fingerprint density at radius 1 is 1.08 bits per heavy atom. The average Bonchev–Trinajstić information content (AvgIpc) is 3.59. The van der Waals surface area contributed by atoms with Crippen molar-refractivity contribution in [3.8, 4) is 17.2 Å². The zero-order valence-electron chi connectivity index (χ0n) is 21.3. The molecule has 4 aliphatic rings. The quantitative estimate of drug-likeness (QED) is 0.486. The molecule has 7 nitrogen and oxygen atoms in total. The lowest BCUT2D eigenvalue weighted by Gasteiger charge is -2.40. The number of esters is 1. The zero-order valence-corrected chi connectivity index (χ0v) is 22.0. The van der Waals surface area contributed by atoms with Gasteiger partial charge in [-0.1, -0.05) is 30.3 Å². The second-order valence-electron chi connectivity index (χ2n) is 10.4. The van der Waals surface area contributed by atoms with E-state index in [1.54, 1.807) is 19.2 Å². The molecular formula is C30H30ClNO6. The Bertz CT molecular complexity index is 1330. The van der Waals surface area contributed by atoms with Gasteiger partial charge in [0.15, 0.2) is 17.3 Å². The molecule has 1 N–H and O–H groups in total. The molecule has 198 valence electrons. The van der Waals surface area contributed by atoms with Gasteiger partial charge in [-0.25, -0.2) is 0 Å². The van der Waals surface area contributed by atoms with Gasteiger partial charge in [0.1, 0.15) is 17.8 Å². The molecule has 2 heterocycles. The van der Waals surface area contributed by atoms with E-state index in [4.69, 9.17) is 30.5 Å². The first-order valence-electron chi connectivity index (χ1n) is 13.1. The number of hydrogen-bond acceptors (Lipinski definition) is 7. The number of halogens is 1. The van der Waals surface area contributed by atoms with Crippen molar-refractivity contribution in [2.24, 2.45) is 5.92 Å². The van der Waals surface area contributed by atoms with Crippen LogP contribution < -0.4 is 19.5 Å². The van der Waals surface area contributed by atoms with Crippen LogP contribution in [0.15, 0.2) is 59.9 Å². The van der Waals surface area contributed by atoms with Crippen LogP contribution in [0.3, 0.4) is 0 Å². The summed E-state index contributed by atoms with van der Waals surface area (Å²) in [5.74, 6) is -0.0105. The van der Waals surface area contributed by atoms with Crippen molar-refractivity contribution in [1.82, 2.24) is 5.32 Å². The minimum atomic E-state index is -0.797. The number of methoxy groups -OCH3 is 1. The average molecular weight is 536 g/mol. The van der Waals surface area contributed by atoms with E-state index in [2.05, 4.69) is 11.9 Å². The highest BCUT2D eigenvalue weighted by atomic mass is 35.5. The Kier molecular flexibility index (Phi) is 6.56. The number of carbonyl (C=O) groups excluding carboxylic acids is 2. The summed E-state index contributed by atoms with van der Waals surface area (Å²) in [6.07, 6.45) is 4.60. The highest BCUT2D eigenvalue weighted by Crippen LogP contribution is 2.51. The third kappa shape index (κ3) is 4.43. The number of rotatable bonds is 5. The minimum Gasteiger partial charge on any atom is -0.497 e. The van der Waals surface area contributed by atoms with Gasteiger partial charge >= 0.3 is 5.97 Å². The largest absolute Gasteiger partial charge is 0.497 e. The molecule has 8 heteroatoms. The fourth-order valence-electron chi connectivity index (χ4n) is 6.19. The number of benzene rings is 2. The lowest BCUT2D eigenvalue weighted by molar-refractivity contribution is -0.153. The van der Waals surface area contributed by atoms with Gasteiger partial charge in [0.2, 0.25) is 6.79 Å². The first-order valence-corrected chi connectivity index (χ1v) is 13.5. The highest BCUT2D eigenvalue weighted by molar-refractivity contribution is 6.31. The van der Waals surface area contributed by atoms with E-state index in [0.717, 1.165) is 42.7 Å². The standard InChI is InChI=1S/C30H30ClNO6/c1-16-27(30(34)38-20-5-3-4-6-20)28(21-13-25-26(14-22(21)31)37-15-36-25)29-23(32-16)11-18(12-24(29)33)17-7-9-19(35-2)10-8-17/h7-10,13-14,18,20,27-28,32H,1,3-6,11-12,15H2,2H3. The van der Waals surface area contributed by atoms with Crippen LogP contribution >= 0.6 is 11.6 Å². The molecule has 2 aliphatic carbocycles. The number of allylic oxidation sites excluding steroid dienone is 2. The first-order chi connectivity index (χ1) is 18.4. The molecule has 3 unspecified atom stereocenters. The second kappa shape index (κ2) is 10.0. The van der Waals surface area contributed by atoms with Crippen LogP contribution in [0.25, 0.3) is 0 Å². The van der Waals surface area contributed by atoms with Crippen LogP contribution in [0.5, 0.6) is 17.2 Å². The third-order valence-corrected chi connectivity index (χ3v) is 8.42. The van der Waals surface area contributed by atoms with Crippen molar-refractivity contribution in [3.63, 3.8) is 0 Å². The smallest absolute Gasteiger partial charge is 0.316 e. The molecule has 3 atom stereocenters. The van der Waals surface area contributed by atoms with Gasteiger partial charge < -0.3 is 24.3 Å². The van der Waals surface area contributed by atoms with Crippen molar-refractivity contribution < 1.29 is 28.5 Å². The van der Waals surface area contributed by atoms with Crippen molar-refractivity contribution in [3.05, 3.63) is 76.1 Å². The Labute approximate surface area is 226 Å². The molecule has 2 aromatic carbocycles. The molecular weight excluding hydrogens is 506 g/mol. The molecule has 0 amide bonds.